The van der Waals surface area contributed by atoms with Crippen LogP contribution in [0.2, 0.25) is 0 Å². The van der Waals surface area contributed by atoms with Crippen LogP contribution in [-0.2, 0) is 12.1 Å². The molecular weight excluding hydrogens is 230 g/mol. The third-order valence-corrected chi connectivity index (χ3v) is 2.57. The first-order valence-corrected chi connectivity index (χ1v) is 5.83. The average molecular weight is 247 g/mol. The highest BCUT2D eigenvalue weighted by atomic mass is 16.3. The van der Waals surface area contributed by atoms with Gasteiger partial charge in [-0.2, -0.15) is 0 Å². The number of rotatable bonds is 3. The van der Waals surface area contributed by atoms with Gasteiger partial charge in [0.2, 0.25) is 0 Å². The van der Waals surface area contributed by atoms with Crippen molar-refractivity contribution >= 4 is 5.82 Å². The van der Waals surface area contributed by atoms with E-state index in [1.165, 1.54) is 0 Å². The quantitative estimate of drug-likeness (QED) is 0.903. The van der Waals surface area contributed by atoms with Gasteiger partial charge < -0.3 is 14.3 Å². The van der Waals surface area contributed by atoms with Crippen molar-refractivity contribution in [2.24, 2.45) is 0 Å². The Hall–Kier alpha value is -2.04. The zero-order valence-corrected chi connectivity index (χ0v) is 10.8. The summed E-state index contributed by atoms with van der Waals surface area (Å²) in [6.07, 6.45) is 4.92. The fourth-order valence-electron chi connectivity index (χ4n) is 1.65. The highest BCUT2D eigenvalue weighted by Crippen LogP contribution is 2.11. The molecule has 0 atom stereocenters. The van der Waals surface area contributed by atoms with Crippen LogP contribution in [0.1, 0.15) is 26.5 Å². The highest BCUT2D eigenvalue weighted by molar-refractivity contribution is 5.31. The number of nitrogens with one attached hydrogen (secondary N) is 1. The molecule has 1 N–H and O–H groups in total. The molecule has 0 fully saturated rings. The molecule has 0 bridgehead atoms. The van der Waals surface area contributed by atoms with E-state index in [-0.39, 0.29) is 11.1 Å². The predicted octanol–water partition coefficient (Wildman–Crippen LogP) is 2.20. The first-order valence-electron chi connectivity index (χ1n) is 5.83. The largest absolute Gasteiger partial charge is 0.467 e. The minimum atomic E-state index is -0.263. The van der Waals surface area contributed by atoms with Crippen molar-refractivity contribution in [3.63, 3.8) is 0 Å². The highest BCUT2D eigenvalue weighted by Gasteiger charge is 2.16. The molecular formula is C13H17N3O2. The Balaban J connectivity index is 2.22. The fourth-order valence-corrected chi connectivity index (χ4v) is 1.65. The molecule has 0 aliphatic carbocycles. The number of hydrogen-bond donors (Lipinski definition) is 1. The summed E-state index contributed by atoms with van der Waals surface area (Å²) >= 11 is 0. The number of aromatic nitrogens is 2. The summed E-state index contributed by atoms with van der Waals surface area (Å²) in [5.74, 6) is 1.10. The Bertz CT molecular complexity index is 565. The second-order valence-electron chi connectivity index (χ2n) is 5.05. The molecule has 0 unspecified atom stereocenters. The van der Waals surface area contributed by atoms with Gasteiger partial charge in [-0.25, -0.2) is 4.98 Å². The van der Waals surface area contributed by atoms with Gasteiger partial charge in [0.05, 0.1) is 12.8 Å². The molecule has 5 nitrogen and oxygen atoms in total. The molecule has 0 saturated heterocycles. The standard InChI is InChI=1S/C13H17N3O2/c1-13(2,3)16-7-6-14-11(12(16)17)15-9-10-5-4-8-18-10/h4-8H,9H2,1-3H3,(H,14,15). The zero-order valence-electron chi connectivity index (χ0n) is 10.8. The van der Waals surface area contributed by atoms with Gasteiger partial charge in [0.15, 0.2) is 5.82 Å². The molecule has 0 spiro atoms. The van der Waals surface area contributed by atoms with E-state index in [4.69, 9.17) is 4.42 Å². The third-order valence-electron chi connectivity index (χ3n) is 2.57. The lowest BCUT2D eigenvalue weighted by molar-refractivity contribution is 0.383. The van der Waals surface area contributed by atoms with Crippen LogP contribution in [0.3, 0.4) is 0 Å². The second-order valence-corrected chi connectivity index (χ2v) is 5.05. The van der Waals surface area contributed by atoms with E-state index in [2.05, 4.69) is 10.3 Å². The summed E-state index contributed by atoms with van der Waals surface area (Å²) in [5, 5.41) is 2.99. The summed E-state index contributed by atoms with van der Waals surface area (Å²) in [6.45, 7) is 6.38. The van der Waals surface area contributed by atoms with Crippen LogP contribution in [0, 0.1) is 0 Å². The number of anilines is 1. The Morgan fingerprint density at radius 3 is 2.83 bits per heavy atom. The minimum Gasteiger partial charge on any atom is -0.467 e. The first-order chi connectivity index (χ1) is 8.48. The average Bonchev–Trinajstić information content (AvgIpc) is 2.79. The molecule has 2 aromatic rings. The van der Waals surface area contributed by atoms with Gasteiger partial charge in [-0.3, -0.25) is 4.79 Å². The van der Waals surface area contributed by atoms with E-state index in [1.807, 2.05) is 32.9 Å². The topological polar surface area (TPSA) is 60.1 Å². The SMILES string of the molecule is CC(C)(C)n1ccnc(NCc2ccco2)c1=O. The van der Waals surface area contributed by atoms with Crippen molar-refractivity contribution in [2.45, 2.75) is 32.9 Å². The van der Waals surface area contributed by atoms with Gasteiger partial charge in [-0.05, 0) is 32.9 Å². The molecule has 2 rings (SSSR count). The van der Waals surface area contributed by atoms with E-state index < -0.39 is 0 Å². The van der Waals surface area contributed by atoms with Crippen LogP contribution in [-0.4, -0.2) is 9.55 Å². The molecule has 0 saturated carbocycles. The van der Waals surface area contributed by atoms with Crippen molar-refractivity contribution in [3.8, 4) is 0 Å². The predicted molar refractivity (Wildman–Crippen MR) is 69.5 cm³/mol. The molecule has 5 heteroatoms. The van der Waals surface area contributed by atoms with Gasteiger partial charge in [0, 0.05) is 17.9 Å². The Morgan fingerprint density at radius 1 is 1.44 bits per heavy atom. The summed E-state index contributed by atoms with van der Waals surface area (Å²) < 4.78 is 6.85. The molecule has 2 aromatic heterocycles. The monoisotopic (exact) mass is 247 g/mol. The van der Waals surface area contributed by atoms with Crippen LogP contribution in [0.25, 0.3) is 0 Å². The Kier molecular flexibility index (Phi) is 3.23. The van der Waals surface area contributed by atoms with Crippen LogP contribution in [0.5, 0.6) is 0 Å². The Morgan fingerprint density at radius 2 is 2.22 bits per heavy atom. The Labute approximate surface area is 105 Å². The zero-order chi connectivity index (χ0) is 13.2. The number of hydrogen-bond acceptors (Lipinski definition) is 4. The van der Waals surface area contributed by atoms with Crippen molar-refractivity contribution in [1.29, 1.82) is 0 Å². The molecule has 0 radical (unpaired) electrons. The second kappa shape index (κ2) is 4.68. The first kappa shape index (κ1) is 12.4. The van der Waals surface area contributed by atoms with Gasteiger partial charge in [0.1, 0.15) is 5.76 Å². The van der Waals surface area contributed by atoms with Gasteiger partial charge in [0.25, 0.3) is 5.56 Å². The molecule has 0 aliphatic rings. The van der Waals surface area contributed by atoms with Crippen molar-refractivity contribution in [1.82, 2.24) is 9.55 Å². The van der Waals surface area contributed by atoms with Gasteiger partial charge >= 0.3 is 0 Å². The summed E-state index contributed by atoms with van der Waals surface area (Å²) in [5.41, 5.74) is -0.391. The van der Waals surface area contributed by atoms with Crippen LogP contribution in [0.4, 0.5) is 5.82 Å². The van der Waals surface area contributed by atoms with Crippen molar-refractivity contribution < 1.29 is 4.42 Å². The summed E-state index contributed by atoms with van der Waals surface area (Å²) in [6, 6.07) is 3.65. The van der Waals surface area contributed by atoms with Crippen LogP contribution in [0.15, 0.2) is 40.0 Å². The molecule has 0 aliphatic heterocycles. The van der Waals surface area contributed by atoms with E-state index >= 15 is 0 Å². The fraction of sp³-hybridized carbons (Fsp3) is 0.385. The summed E-state index contributed by atoms with van der Waals surface area (Å²) in [7, 11) is 0. The maximum absolute atomic E-state index is 12.2. The molecule has 96 valence electrons. The maximum Gasteiger partial charge on any atom is 0.293 e. The maximum atomic E-state index is 12.2. The van der Waals surface area contributed by atoms with Crippen molar-refractivity contribution in [3.05, 3.63) is 46.9 Å². The van der Waals surface area contributed by atoms with Crippen LogP contribution < -0.4 is 10.9 Å². The molecule has 0 amide bonds. The lowest BCUT2D eigenvalue weighted by atomic mass is 10.1. The van der Waals surface area contributed by atoms with Gasteiger partial charge in [-0.1, -0.05) is 0 Å². The van der Waals surface area contributed by atoms with E-state index in [1.54, 1.807) is 23.2 Å². The van der Waals surface area contributed by atoms with Crippen molar-refractivity contribution in [2.75, 3.05) is 5.32 Å². The number of furan rings is 1. The third kappa shape index (κ3) is 2.61. The van der Waals surface area contributed by atoms with Crippen LogP contribution >= 0.6 is 0 Å². The van der Waals surface area contributed by atoms with Gasteiger partial charge in [-0.15, -0.1) is 0 Å². The lowest BCUT2D eigenvalue weighted by Gasteiger charge is -2.22. The minimum absolute atomic E-state index is 0.128. The van der Waals surface area contributed by atoms with E-state index in [0.717, 1.165) is 5.76 Å². The smallest absolute Gasteiger partial charge is 0.293 e. The molecule has 2 heterocycles. The van der Waals surface area contributed by atoms with E-state index in [9.17, 15) is 4.79 Å². The number of nitrogens with zero attached hydrogens (tertiary/aromatic N) is 2. The van der Waals surface area contributed by atoms with E-state index in [0.29, 0.717) is 12.4 Å². The molecule has 0 aromatic carbocycles. The normalized spacial score (nSPS) is 11.5. The summed E-state index contributed by atoms with van der Waals surface area (Å²) in [4.78, 5) is 16.2. The molecule has 18 heavy (non-hydrogen) atoms. The lowest BCUT2D eigenvalue weighted by Crippen LogP contribution is -2.35.